The number of carbonyl (C=O) groups is 2. The molecule has 0 atom stereocenters. The second-order valence-corrected chi connectivity index (χ2v) is 5.41. The highest BCUT2D eigenvalue weighted by atomic mass is 16.3. The topological polar surface area (TPSA) is 110 Å². The van der Waals surface area contributed by atoms with Gasteiger partial charge in [-0.25, -0.2) is 5.43 Å². The fourth-order valence-electron chi connectivity index (χ4n) is 2.56. The number of nitrogens with one attached hydrogen (secondary N) is 1. The van der Waals surface area contributed by atoms with E-state index in [2.05, 4.69) is 10.5 Å². The van der Waals surface area contributed by atoms with E-state index in [0.29, 0.717) is 0 Å². The molecule has 3 rings (SSSR count). The van der Waals surface area contributed by atoms with Crippen molar-refractivity contribution in [2.24, 2.45) is 10.8 Å². The van der Waals surface area contributed by atoms with Gasteiger partial charge in [-0.1, -0.05) is 30.3 Å². The quantitative estimate of drug-likeness (QED) is 0.486. The summed E-state index contributed by atoms with van der Waals surface area (Å²) in [6.07, 6.45) is 3.22. The number of hydrogen-bond acceptors (Lipinski definition) is 4. The van der Waals surface area contributed by atoms with E-state index in [9.17, 15) is 14.7 Å². The number of carbonyl (C=O) groups excluding carboxylic acids is 2. The van der Waals surface area contributed by atoms with E-state index in [1.807, 2.05) is 24.3 Å². The maximum atomic E-state index is 12.0. The van der Waals surface area contributed by atoms with E-state index in [0.717, 1.165) is 16.5 Å². The minimum absolute atomic E-state index is 0.0542. The van der Waals surface area contributed by atoms with Crippen LogP contribution in [-0.4, -0.2) is 27.7 Å². The van der Waals surface area contributed by atoms with Gasteiger partial charge in [0.2, 0.25) is 5.91 Å². The lowest BCUT2D eigenvalue weighted by Crippen LogP contribution is -2.18. The first-order valence-corrected chi connectivity index (χ1v) is 7.54. The summed E-state index contributed by atoms with van der Waals surface area (Å²) >= 11 is 0. The number of para-hydroxylation sites is 2. The SMILES string of the molecule is NC(=O)Cn1cc(/C=N/NC(=O)c2ccccc2O)c2ccccc21. The third-order valence-electron chi connectivity index (χ3n) is 3.66. The monoisotopic (exact) mass is 336 g/mol. The molecule has 126 valence electrons. The van der Waals surface area contributed by atoms with Crippen LogP contribution in [0.1, 0.15) is 15.9 Å². The summed E-state index contributed by atoms with van der Waals surface area (Å²) in [5.41, 5.74) is 9.35. The summed E-state index contributed by atoms with van der Waals surface area (Å²) in [7, 11) is 0. The van der Waals surface area contributed by atoms with Gasteiger partial charge in [-0.05, 0) is 18.2 Å². The number of aromatic nitrogens is 1. The molecule has 0 unspecified atom stereocenters. The molecule has 0 aliphatic heterocycles. The molecular weight excluding hydrogens is 320 g/mol. The standard InChI is InChI=1S/C18H16N4O3/c19-17(24)11-22-10-12(13-5-1-3-7-15(13)22)9-20-21-18(25)14-6-2-4-8-16(14)23/h1-10,23H,11H2,(H2,19,24)(H,21,25)/b20-9+. The van der Waals surface area contributed by atoms with Crippen molar-refractivity contribution in [3.63, 3.8) is 0 Å². The number of amides is 2. The predicted octanol–water partition coefficient (Wildman–Crippen LogP) is 1.60. The minimum Gasteiger partial charge on any atom is -0.507 e. The number of hydrogen-bond donors (Lipinski definition) is 3. The van der Waals surface area contributed by atoms with Crippen molar-refractivity contribution in [1.29, 1.82) is 0 Å². The number of phenols is 1. The van der Waals surface area contributed by atoms with Crippen LogP contribution >= 0.6 is 0 Å². The van der Waals surface area contributed by atoms with Crippen LogP contribution in [0.4, 0.5) is 0 Å². The lowest BCUT2D eigenvalue weighted by molar-refractivity contribution is -0.118. The normalized spacial score (nSPS) is 11.0. The van der Waals surface area contributed by atoms with Crippen LogP contribution in [-0.2, 0) is 11.3 Å². The van der Waals surface area contributed by atoms with E-state index < -0.39 is 11.8 Å². The molecule has 2 amide bonds. The van der Waals surface area contributed by atoms with Crippen LogP contribution < -0.4 is 11.2 Å². The van der Waals surface area contributed by atoms with Crippen molar-refractivity contribution in [2.75, 3.05) is 0 Å². The number of rotatable bonds is 5. The third-order valence-corrected chi connectivity index (χ3v) is 3.66. The Kier molecular flexibility index (Phi) is 4.47. The van der Waals surface area contributed by atoms with Crippen molar-refractivity contribution in [1.82, 2.24) is 9.99 Å². The van der Waals surface area contributed by atoms with Gasteiger partial charge in [0.15, 0.2) is 0 Å². The number of benzene rings is 2. The summed E-state index contributed by atoms with van der Waals surface area (Å²) in [5.74, 6) is -1.08. The van der Waals surface area contributed by atoms with Crippen molar-refractivity contribution in [3.05, 3.63) is 65.9 Å². The second kappa shape index (κ2) is 6.88. The molecule has 7 heteroatoms. The first-order valence-electron chi connectivity index (χ1n) is 7.54. The van der Waals surface area contributed by atoms with Crippen molar-refractivity contribution in [3.8, 4) is 5.75 Å². The molecule has 0 saturated heterocycles. The first-order chi connectivity index (χ1) is 12.1. The van der Waals surface area contributed by atoms with Gasteiger partial charge in [0, 0.05) is 22.7 Å². The van der Waals surface area contributed by atoms with Crippen LogP contribution in [0.25, 0.3) is 10.9 Å². The maximum absolute atomic E-state index is 12.0. The fraction of sp³-hybridized carbons (Fsp3) is 0.0556. The fourth-order valence-corrected chi connectivity index (χ4v) is 2.56. The van der Waals surface area contributed by atoms with E-state index in [-0.39, 0.29) is 17.9 Å². The molecule has 3 aromatic rings. The Morgan fingerprint density at radius 2 is 1.88 bits per heavy atom. The van der Waals surface area contributed by atoms with Crippen LogP contribution in [0, 0.1) is 0 Å². The summed E-state index contributed by atoms with van der Waals surface area (Å²) in [5, 5.41) is 14.5. The number of primary amides is 1. The third kappa shape index (κ3) is 3.50. The summed E-state index contributed by atoms with van der Waals surface area (Å²) in [6, 6.07) is 13.7. The van der Waals surface area contributed by atoms with Crippen molar-refractivity contribution >= 4 is 28.9 Å². The lowest BCUT2D eigenvalue weighted by Gasteiger charge is -2.01. The van der Waals surface area contributed by atoms with Crippen LogP contribution in [0.3, 0.4) is 0 Å². The van der Waals surface area contributed by atoms with Gasteiger partial charge in [-0.15, -0.1) is 0 Å². The molecule has 2 aromatic carbocycles. The molecule has 1 aromatic heterocycles. The molecule has 0 aliphatic carbocycles. The first kappa shape index (κ1) is 16.3. The molecule has 1 heterocycles. The number of fused-ring (bicyclic) bond motifs is 1. The average Bonchev–Trinajstić information content (AvgIpc) is 2.93. The van der Waals surface area contributed by atoms with E-state index >= 15 is 0 Å². The number of hydrazone groups is 1. The van der Waals surface area contributed by atoms with E-state index in [1.165, 1.54) is 18.3 Å². The summed E-state index contributed by atoms with van der Waals surface area (Å²) in [4.78, 5) is 23.2. The number of phenolic OH excluding ortho intramolecular Hbond substituents is 1. The Hall–Kier alpha value is -3.61. The second-order valence-electron chi connectivity index (χ2n) is 5.41. The van der Waals surface area contributed by atoms with E-state index in [4.69, 9.17) is 5.73 Å². The van der Waals surface area contributed by atoms with Gasteiger partial charge in [0.05, 0.1) is 11.8 Å². The Balaban J connectivity index is 1.83. The molecule has 0 saturated carbocycles. The van der Waals surface area contributed by atoms with Gasteiger partial charge in [-0.3, -0.25) is 9.59 Å². The maximum Gasteiger partial charge on any atom is 0.275 e. The zero-order valence-electron chi connectivity index (χ0n) is 13.2. The van der Waals surface area contributed by atoms with Gasteiger partial charge >= 0.3 is 0 Å². The Morgan fingerprint density at radius 1 is 1.16 bits per heavy atom. The largest absolute Gasteiger partial charge is 0.507 e. The molecule has 0 spiro atoms. The van der Waals surface area contributed by atoms with Crippen LogP contribution in [0.5, 0.6) is 5.75 Å². The molecule has 7 nitrogen and oxygen atoms in total. The zero-order chi connectivity index (χ0) is 17.8. The van der Waals surface area contributed by atoms with Gasteiger partial charge < -0.3 is 15.4 Å². The van der Waals surface area contributed by atoms with Crippen molar-refractivity contribution in [2.45, 2.75) is 6.54 Å². The Morgan fingerprint density at radius 3 is 2.64 bits per heavy atom. The molecule has 0 radical (unpaired) electrons. The smallest absolute Gasteiger partial charge is 0.275 e. The van der Waals surface area contributed by atoms with Crippen LogP contribution in [0.15, 0.2) is 59.8 Å². The minimum atomic E-state index is -0.518. The predicted molar refractivity (Wildman–Crippen MR) is 94.3 cm³/mol. The van der Waals surface area contributed by atoms with Gasteiger partial charge in [0.25, 0.3) is 5.91 Å². The van der Waals surface area contributed by atoms with Gasteiger partial charge in [0.1, 0.15) is 12.3 Å². The molecule has 4 N–H and O–H groups in total. The van der Waals surface area contributed by atoms with E-state index in [1.54, 1.807) is 22.9 Å². The number of aromatic hydroxyl groups is 1. The summed E-state index contributed by atoms with van der Waals surface area (Å²) < 4.78 is 1.73. The number of nitrogens with zero attached hydrogens (tertiary/aromatic N) is 2. The Bertz CT molecular complexity index is 975. The zero-order valence-corrected chi connectivity index (χ0v) is 13.2. The highest BCUT2D eigenvalue weighted by Gasteiger charge is 2.10. The number of nitrogens with two attached hydrogens (primary N) is 1. The highest BCUT2D eigenvalue weighted by molar-refractivity contribution is 6.01. The van der Waals surface area contributed by atoms with Crippen LogP contribution in [0.2, 0.25) is 0 Å². The summed E-state index contributed by atoms with van der Waals surface area (Å²) in [6.45, 7) is 0.0542. The van der Waals surface area contributed by atoms with Gasteiger partial charge in [-0.2, -0.15) is 5.10 Å². The highest BCUT2D eigenvalue weighted by Crippen LogP contribution is 2.20. The lowest BCUT2D eigenvalue weighted by atomic mass is 10.2. The molecule has 0 bridgehead atoms. The van der Waals surface area contributed by atoms with Crippen molar-refractivity contribution < 1.29 is 14.7 Å². The average molecular weight is 336 g/mol. The molecule has 0 aliphatic rings. The molecular formula is C18H16N4O3. The molecule has 0 fully saturated rings. The Labute approximate surface area is 143 Å². The molecule has 25 heavy (non-hydrogen) atoms.